The highest BCUT2D eigenvalue weighted by Gasteiger charge is 2.24. The molecule has 7 nitrogen and oxygen atoms in total. The van der Waals surface area contributed by atoms with Gasteiger partial charge in [0.05, 0.1) is 6.54 Å². The first-order valence-electron chi connectivity index (χ1n) is 6.11. The van der Waals surface area contributed by atoms with Crippen molar-refractivity contribution in [3.8, 4) is 0 Å². The van der Waals surface area contributed by atoms with E-state index in [4.69, 9.17) is 4.74 Å². The Morgan fingerprint density at radius 2 is 2.20 bits per heavy atom. The molecule has 0 aromatic carbocycles. The number of anilines is 1. The molecule has 0 unspecified atom stereocenters. The normalized spacial score (nSPS) is 11.6. The maximum absolute atomic E-state index is 11.3. The second-order valence-electron chi connectivity index (χ2n) is 4.82. The molecule has 0 saturated carbocycles. The van der Waals surface area contributed by atoms with Crippen LogP contribution in [0.15, 0.2) is 10.9 Å². The van der Waals surface area contributed by atoms with Gasteiger partial charge in [0.15, 0.2) is 5.82 Å². The number of ether oxygens (including phenoxy) is 1. The molecule has 0 atom stereocenters. The lowest BCUT2D eigenvalue weighted by atomic mass is 10.1. The third kappa shape index (κ3) is 3.40. The van der Waals surface area contributed by atoms with Crippen LogP contribution in [0.25, 0.3) is 0 Å². The molecule has 2 heterocycles. The van der Waals surface area contributed by atoms with Gasteiger partial charge in [-0.2, -0.15) is 4.37 Å². The van der Waals surface area contributed by atoms with Gasteiger partial charge >= 0.3 is 0 Å². The molecule has 0 amide bonds. The number of rotatable bonds is 5. The number of aromatic nitrogens is 4. The Hall–Kier alpha value is -1.80. The molecule has 0 bridgehead atoms. The second-order valence-corrected chi connectivity index (χ2v) is 5.58. The molecule has 8 heteroatoms. The summed E-state index contributed by atoms with van der Waals surface area (Å²) in [6.07, 6.45) is 0. The maximum Gasteiger partial charge on any atom is 0.251 e. The molecule has 0 aliphatic heterocycles. The fourth-order valence-corrected chi connectivity index (χ4v) is 2.21. The molecule has 2 aromatic heterocycles. The van der Waals surface area contributed by atoms with Crippen LogP contribution in [0.4, 0.5) is 5.13 Å². The van der Waals surface area contributed by atoms with Crippen LogP contribution in [0.5, 0.6) is 0 Å². The van der Waals surface area contributed by atoms with Crippen molar-refractivity contribution in [3.05, 3.63) is 33.8 Å². The van der Waals surface area contributed by atoms with E-state index >= 15 is 0 Å². The number of nitrogens with one attached hydrogen (secondary N) is 2. The highest BCUT2D eigenvalue weighted by Crippen LogP contribution is 2.24. The number of nitrogens with zero attached hydrogens (tertiary/aromatic N) is 3. The van der Waals surface area contributed by atoms with E-state index in [1.165, 1.54) is 17.6 Å². The van der Waals surface area contributed by atoms with Crippen molar-refractivity contribution in [2.24, 2.45) is 0 Å². The van der Waals surface area contributed by atoms with Gasteiger partial charge in [0, 0.05) is 30.4 Å². The van der Waals surface area contributed by atoms with Crippen molar-refractivity contribution in [3.63, 3.8) is 0 Å². The van der Waals surface area contributed by atoms with Crippen LogP contribution in [0, 0.1) is 6.92 Å². The van der Waals surface area contributed by atoms with Crippen LogP contribution >= 0.6 is 11.5 Å². The van der Waals surface area contributed by atoms with Gasteiger partial charge in [-0.1, -0.05) is 0 Å². The van der Waals surface area contributed by atoms with E-state index < -0.39 is 5.60 Å². The lowest BCUT2D eigenvalue weighted by Gasteiger charge is -2.18. The summed E-state index contributed by atoms with van der Waals surface area (Å²) in [4.78, 5) is 22.6. The Balaban J connectivity index is 2.06. The van der Waals surface area contributed by atoms with E-state index in [1.54, 1.807) is 14.0 Å². The molecule has 0 radical (unpaired) electrons. The van der Waals surface area contributed by atoms with Crippen LogP contribution in [-0.4, -0.2) is 26.4 Å². The van der Waals surface area contributed by atoms with Crippen LogP contribution in [0.2, 0.25) is 0 Å². The number of hydrogen-bond donors (Lipinski definition) is 2. The quantitative estimate of drug-likeness (QED) is 0.866. The zero-order chi connectivity index (χ0) is 14.8. The summed E-state index contributed by atoms with van der Waals surface area (Å²) in [5, 5.41) is 3.75. The maximum atomic E-state index is 11.3. The van der Waals surface area contributed by atoms with Gasteiger partial charge in [0.1, 0.15) is 11.4 Å². The summed E-state index contributed by atoms with van der Waals surface area (Å²) in [6, 6.07) is 1.45. The minimum Gasteiger partial charge on any atom is -0.371 e. The molecular formula is C12H17N5O2S. The Morgan fingerprint density at radius 3 is 2.85 bits per heavy atom. The Kier molecular flexibility index (Phi) is 4.15. The predicted molar refractivity (Wildman–Crippen MR) is 76.9 cm³/mol. The average molecular weight is 295 g/mol. The molecule has 0 fully saturated rings. The fraction of sp³-hybridized carbons (Fsp3) is 0.500. The first-order valence-corrected chi connectivity index (χ1v) is 6.88. The molecule has 2 N–H and O–H groups in total. The van der Waals surface area contributed by atoms with E-state index in [9.17, 15) is 4.79 Å². The average Bonchev–Trinajstić information content (AvgIpc) is 2.85. The van der Waals surface area contributed by atoms with Gasteiger partial charge < -0.3 is 15.0 Å². The van der Waals surface area contributed by atoms with Crippen molar-refractivity contribution >= 4 is 16.7 Å². The molecule has 108 valence electrons. The lowest BCUT2D eigenvalue weighted by molar-refractivity contribution is 0.0126. The smallest absolute Gasteiger partial charge is 0.251 e. The molecule has 2 rings (SSSR count). The Morgan fingerprint density at radius 1 is 1.45 bits per heavy atom. The summed E-state index contributed by atoms with van der Waals surface area (Å²) in [5.41, 5.74) is 0.00330. The number of hydrogen-bond acceptors (Lipinski definition) is 7. The standard InChI is InChI=1S/C12H17N5O2S/c1-7-5-9(18)15-8(14-7)6-13-11-16-10(17-20-11)12(2,3)19-4/h5H,6H2,1-4H3,(H,13,16,17)(H,14,15,18). The van der Waals surface area contributed by atoms with Gasteiger partial charge in [-0.25, -0.2) is 9.97 Å². The fourth-order valence-electron chi connectivity index (χ4n) is 1.52. The Labute approximate surface area is 120 Å². The number of aryl methyl sites for hydroxylation is 1. The zero-order valence-corrected chi connectivity index (χ0v) is 12.7. The summed E-state index contributed by atoms with van der Waals surface area (Å²) < 4.78 is 9.58. The van der Waals surface area contributed by atoms with Crippen molar-refractivity contribution in [2.75, 3.05) is 12.4 Å². The van der Waals surface area contributed by atoms with Gasteiger partial charge in [0.2, 0.25) is 5.13 Å². The highest BCUT2D eigenvalue weighted by atomic mass is 32.1. The largest absolute Gasteiger partial charge is 0.371 e. The summed E-state index contributed by atoms with van der Waals surface area (Å²) in [7, 11) is 1.62. The zero-order valence-electron chi connectivity index (χ0n) is 11.9. The van der Waals surface area contributed by atoms with Gasteiger partial charge in [-0.05, 0) is 20.8 Å². The topological polar surface area (TPSA) is 92.8 Å². The molecule has 0 saturated heterocycles. The number of H-pyrrole nitrogens is 1. The molecule has 20 heavy (non-hydrogen) atoms. The summed E-state index contributed by atoms with van der Waals surface area (Å²) >= 11 is 1.25. The van der Waals surface area contributed by atoms with E-state index in [2.05, 4.69) is 24.6 Å². The lowest BCUT2D eigenvalue weighted by Crippen LogP contribution is -2.21. The first kappa shape index (κ1) is 14.6. The second kappa shape index (κ2) is 5.68. The Bertz CT molecular complexity index is 649. The minimum atomic E-state index is -0.521. The number of methoxy groups -OCH3 is 1. The highest BCUT2D eigenvalue weighted by molar-refractivity contribution is 7.09. The van der Waals surface area contributed by atoms with Crippen molar-refractivity contribution in [2.45, 2.75) is 32.9 Å². The van der Waals surface area contributed by atoms with E-state index in [-0.39, 0.29) is 5.56 Å². The van der Waals surface area contributed by atoms with Crippen molar-refractivity contribution in [1.82, 2.24) is 19.3 Å². The SMILES string of the molecule is COC(C)(C)c1nsc(NCc2nc(C)cc(=O)[nH]2)n1. The molecule has 2 aromatic rings. The van der Waals surface area contributed by atoms with E-state index in [0.717, 1.165) is 0 Å². The summed E-state index contributed by atoms with van der Waals surface area (Å²) in [6.45, 7) is 5.97. The van der Waals surface area contributed by atoms with Crippen LogP contribution in [0.3, 0.4) is 0 Å². The first-order chi connectivity index (χ1) is 9.40. The van der Waals surface area contributed by atoms with Crippen molar-refractivity contribution in [1.29, 1.82) is 0 Å². The number of aromatic amines is 1. The third-order valence-corrected chi connectivity index (χ3v) is 3.47. The van der Waals surface area contributed by atoms with Gasteiger partial charge in [-0.15, -0.1) is 0 Å². The molecular weight excluding hydrogens is 278 g/mol. The van der Waals surface area contributed by atoms with Crippen molar-refractivity contribution < 1.29 is 4.74 Å². The minimum absolute atomic E-state index is 0.159. The van der Waals surface area contributed by atoms with E-state index in [1.807, 2.05) is 13.8 Å². The van der Waals surface area contributed by atoms with E-state index in [0.29, 0.717) is 29.0 Å². The monoisotopic (exact) mass is 295 g/mol. The van der Waals surface area contributed by atoms with Crippen LogP contribution in [0.1, 0.15) is 31.2 Å². The van der Waals surface area contributed by atoms with Gasteiger partial charge in [0.25, 0.3) is 5.56 Å². The van der Waals surface area contributed by atoms with Crippen LogP contribution < -0.4 is 10.9 Å². The third-order valence-electron chi connectivity index (χ3n) is 2.80. The van der Waals surface area contributed by atoms with Gasteiger partial charge in [-0.3, -0.25) is 4.79 Å². The predicted octanol–water partition coefficient (Wildman–Crippen LogP) is 1.42. The summed E-state index contributed by atoms with van der Waals surface area (Å²) in [5.74, 6) is 1.19. The molecule has 0 aliphatic rings. The molecule has 0 aliphatic carbocycles. The molecule has 0 spiro atoms. The van der Waals surface area contributed by atoms with Crippen LogP contribution in [-0.2, 0) is 16.9 Å².